The lowest BCUT2D eigenvalue weighted by Gasteiger charge is -2.21. The fourth-order valence-electron chi connectivity index (χ4n) is 2.87. The van der Waals surface area contributed by atoms with Crippen molar-refractivity contribution < 1.29 is 9.53 Å². The number of carbonyl (C=O) groups excluding carboxylic acids is 1. The minimum atomic E-state index is 0.257. The van der Waals surface area contributed by atoms with Crippen molar-refractivity contribution in [1.29, 1.82) is 0 Å². The van der Waals surface area contributed by atoms with Crippen LogP contribution in [0.2, 0.25) is 0 Å². The number of fused-ring (bicyclic) bond motifs is 1. The molecule has 0 aliphatic carbocycles. The molecule has 0 aromatic carbocycles. The second-order valence-electron chi connectivity index (χ2n) is 3.80. The molecule has 1 N–H and O–H groups in total. The first-order valence-corrected chi connectivity index (χ1v) is 4.49. The number of rotatable bonds is 2. The Balaban J connectivity index is 1.86. The highest BCUT2D eigenvalue weighted by molar-refractivity contribution is 5.48. The van der Waals surface area contributed by atoms with Gasteiger partial charge in [0, 0.05) is 13.1 Å². The van der Waals surface area contributed by atoms with Crippen molar-refractivity contribution >= 4 is 6.41 Å². The van der Waals surface area contributed by atoms with Gasteiger partial charge in [-0.05, 0) is 6.42 Å². The largest absolute Gasteiger partial charge is 0.370 e. The van der Waals surface area contributed by atoms with Crippen LogP contribution in [0.3, 0.4) is 0 Å². The molecule has 0 aromatic rings. The Morgan fingerprint density at radius 1 is 1.50 bits per heavy atom. The van der Waals surface area contributed by atoms with Gasteiger partial charge >= 0.3 is 0 Å². The van der Waals surface area contributed by atoms with Crippen LogP contribution < -0.4 is 5.32 Å². The number of carbonyl (C=O) groups is 1. The maximum absolute atomic E-state index is 10.3. The topological polar surface area (TPSA) is 41.6 Å². The lowest BCUT2D eigenvalue weighted by Crippen LogP contribution is -2.41. The van der Waals surface area contributed by atoms with E-state index in [2.05, 4.69) is 10.2 Å². The molecule has 0 spiro atoms. The van der Waals surface area contributed by atoms with Gasteiger partial charge in [-0.25, -0.2) is 0 Å². The highest BCUT2D eigenvalue weighted by Crippen LogP contribution is 2.39. The standard InChI is InChI=1S/C8H12N2O2/c11-4-9-7-6-3-10-2-1-5(12-6)8(7)10/h4-8H,1-3H2,(H,9,11)/t5-,6-,7+,8+/m1/s1. The minimum Gasteiger partial charge on any atom is -0.370 e. The van der Waals surface area contributed by atoms with E-state index >= 15 is 0 Å². The van der Waals surface area contributed by atoms with Crippen LogP contribution in [0.4, 0.5) is 0 Å². The summed E-state index contributed by atoms with van der Waals surface area (Å²) in [6.45, 7) is 2.15. The number of ether oxygens (including phenoxy) is 1. The van der Waals surface area contributed by atoms with E-state index in [1.165, 1.54) is 0 Å². The number of hydrogen-bond donors (Lipinski definition) is 1. The number of nitrogens with zero attached hydrogens (tertiary/aromatic N) is 1. The maximum atomic E-state index is 10.3. The lowest BCUT2D eigenvalue weighted by atomic mass is 10.1. The summed E-state index contributed by atoms with van der Waals surface area (Å²) in [5.41, 5.74) is 0. The van der Waals surface area contributed by atoms with Gasteiger partial charge in [0.2, 0.25) is 6.41 Å². The summed E-state index contributed by atoms with van der Waals surface area (Å²) in [6.07, 6.45) is 2.58. The molecular formula is C8H12N2O2. The van der Waals surface area contributed by atoms with Crippen molar-refractivity contribution in [3.05, 3.63) is 0 Å². The minimum absolute atomic E-state index is 0.257. The lowest BCUT2D eigenvalue weighted by molar-refractivity contribution is -0.110. The van der Waals surface area contributed by atoms with Crippen molar-refractivity contribution in [1.82, 2.24) is 10.2 Å². The number of hydrogen-bond acceptors (Lipinski definition) is 3. The Bertz CT molecular complexity index is 207. The quantitative estimate of drug-likeness (QED) is 0.535. The van der Waals surface area contributed by atoms with Crippen LogP contribution in [0.5, 0.6) is 0 Å². The molecule has 0 aromatic heterocycles. The van der Waals surface area contributed by atoms with Crippen LogP contribution in [-0.4, -0.2) is 48.7 Å². The van der Waals surface area contributed by atoms with E-state index in [9.17, 15) is 4.79 Å². The zero-order valence-electron chi connectivity index (χ0n) is 6.77. The maximum Gasteiger partial charge on any atom is 0.207 e. The molecule has 3 heterocycles. The number of morpholine rings is 1. The molecule has 0 unspecified atom stereocenters. The van der Waals surface area contributed by atoms with Gasteiger partial charge in [0.15, 0.2) is 0 Å². The predicted molar refractivity (Wildman–Crippen MR) is 41.6 cm³/mol. The summed E-state index contributed by atoms with van der Waals surface area (Å²) in [6, 6.07) is 0.732. The Labute approximate surface area is 70.9 Å². The van der Waals surface area contributed by atoms with Crippen molar-refractivity contribution in [2.45, 2.75) is 30.7 Å². The summed E-state index contributed by atoms with van der Waals surface area (Å²) in [5, 5.41) is 2.86. The fraction of sp³-hybridized carbons (Fsp3) is 0.875. The van der Waals surface area contributed by atoms with E-state index < -0.39 is 0 Å². The van der Waals surface area contributed by atoms with Gasteiger partial charge in [0.05, 0.1) is 24.3 Å². The van der Waals surface area contributed by atoms with Crippen LogP contribution in [0.25, 0.3) is 0 Å². The molecule has 3 aliphatic rings. The van der Waals surface area contributed by atoms with Crippen LogP contribution >= 0.6 is 0 Å². The Morgan fingerprint density at radius 3 is 3.17 bits per heavy atom. The summed E-state index contributed by atoms with van der Waals surface area (Å²) in [7, 11) is 0. The van der Waals surface area contributed by atoms with E-state index in [-0.39, 0.29) is 12.1 Å². The Hall–Kier alpha value is -0.610. The molecule has 4 nitrogen and oxygen atoms in total. The van der Waals surface area contributed by atoms with Crippen LogP contribution in [-0.2, 0) is 9.53 Å². The Kier molecular flexibility index (Phi) is 1.26. The van der Waals surface area contributed by atoms with E-state index in [1.54, 1.807) is 0 Å². The monoisotopic (exact) mass is 168 g/mol. The molecule has 3 fully saturated rings. The van der Waals surface area contributed by atoms with Crippen LogP contribution in [0.15, 0.2) is 0 Å². The molecule has 3 aliphatic heterocycles. The molecule has 12 heavy (non-hydrogen) atoms. The summed E-state index contributed by atoms with van der Waals surface area (Å²) >= 11 is 0. The fourth-order valence-corrected chi connectivity index (χ4v) is 2.87. The second-order valence-corrected chi connectivity index (χ2v) is 3.80. The molecule has 4 heteroatoms. The normalized spacial score (nSPS) is 50.0. The van der Waals surface area contributed by atoms with Crippen molar-refractivity contribution in [3.8, 4) is 0 Å². The third kappa shape index (κ3) is 0.671. The van der Waals surface area contributed by atoms with Crippen LogP contribution in [0.1, 0.15) is 6.42 Å². The summed E-state index contributed by atoms with van der Waals surface area (Å²) in [4.78, 5) is 12.8. The first kappa shape index (κ1) is 6.86. The van der Waals surface area contributed by atoms with Gasteiger partial charge in [-0.3, -0.25) is 9.69 Å². The summed E-state index contributed by atoms with van der Waals surface area (Å²) in [5.74, 6) is 0. The smallest absolute Gasteiger partial charge is 0.207 e. The second kappa shape index (κ2) is 2.20. The molecule has 4 atom stereocenters. The zero-order chi connectivity index (χ0) is 8.13. The van der Waals surface area contributed by atoms with E-state index in [0.717, 1.165) is 25.9 Å². The molecule has 3 rings (SSSR count). The first-order valence-electron chi connectivity index (χ1n) is 4.49. The number of nitrogens with one attached hydrogen (secondary N) is 1. The predicted octanol–water partition coefficient (Wildman–Crippen LogP) is -1.04. The van der Waals surface area contributed by atoms with Crippen molar-refractivity contribution in [2.24, 2.45) is 0 Å². The molecule has 3 saturated heterocycles. The average Bonchev–Trinajstić information content (AvgIpc) is 2.61. The van der Waals surface area contributed by atoms with Gasteiger partial charge in [0.1, 0.15) is 0 Å². The first-order chi connectivity index (χ1) is 5.90. The molecule has 66 valence electrons. The third-order valence-corrected chi connectivity index (χ3v) is 3.30. The van der Waals surface area contributed by atoms with Gasteiger partial charge in [-0.2, -0.15) is 0 Å². The molecule has 2 bridgehead atoms. The van der Waals surface area contributed by atoms with Crippen LogP contribution in [0, 0.1) is 0 Å². The third-order valence-electron chi connectivity index (χ3n) is 3.30. The summed E-state index contributed by atoms with van der Waals surface area (Å²) < 4.78 is 5.75. The van der Waals surface area contributed by atoms with Gasteiger partial charge in [-0.1, -0.05) is 0 Å². The van der Waals surface area contributed by atoms with E-state index in [4.69, 9.17) is 4.74 Å². The molecule has 0 saturated carbocycles. The van der Waals surface area contributed by atoms with E-state index in [0.29, 0.717) is 12.1 Å². The Morgan fingerprint density at radius 2 is 2.42 bits per heavy atom. The highest BCUT2D eigenvalue weighted by Gasteiger charge is 2.56. The molecule has 0 radical (unpaired) electrons. The number of amides is 1. The molecular weight excluding hydrogens is 156 g/mol. The van der Waals surface area contributed by atoms with Crippen molar-refractivity contribution in [2.75, 3.05) is 13.1 Å². The van der Waals surface area contributed by atoms with Crippen molar-refractivity contribution in [3.63, 3.8) is 0 Å². The van der Waals surface area contributed by atoms with Gasteiger partial charge in [-0.15, -0.1) is 0 Å². The highest BCUT2D eigenvalue weighted by atomic mass is 16.5. The zero-order valence-corrected chi connectivity index (χ0v) is 6.77. The SMILES string of the molecule is O=CN[C@@H]1[C@@H]2[C@H]3CCN2C[C@H]1O3. The van der Waals surface area contributed by atoms with Gasteiger partial charge in [0.25, 0.3) is 0 Å². The van der Waals surface area contributed by atoms with E-state index in [1.807, 2.05) is 0 Å². The van der Waals surface area contributed by atoms with Gasteiger partial charge < -0.3 is 10.1 Å². The average molecular weight is 168 g/mol. The molecule has 1 amide bonds.